The van der Waals surface area contributed by atoms with Crippen LogP contribution in [0.2, 0.25) is 0 Å². The number of rotatable bonds is 5. The normalized spacial score (nSPS) is 18.1. The third-order valence-corrected chi connectivity index (χ3v) is 2.66. The minimum Gasteiger partial charge on any atom is -0.462 e. The molecular formula is C11H21NO2. The molecule has 1 aliphatic rings. The van der Waals surface area contributed by atoms with E-state index in [4.69, 9.17) is 4.74 Å². The van der Waals surface area contributed by atoms with E-state index in [9.17, 15) is 4.79 Å². The van der Waals surface area contributed by atoms with Gasteiger partial charge in [-0.2, -0.15) is 0 Å². The van der Waals surface area contributed by atoms with Crippen LogP contribution in [0.1, 0.15) is 44.9 Å². The van der Waals surface area contributed by atoms with Crippen molar-refractivity contribution in [2.24, 2.45) is 0 Å². The van der Waals surface area contributed by atoms with Crippen molar-refractivity contribution in [3.8, 4) is 0 Å². The van der Waals surface area contributed by atoms with E-state index in [0.717, 1.165) is 25.8 Å². The van der Waals surface area contributed by atoms with Crippen LogP contribution in [-0.4, -0.2) is 25.7 Å². The Hall–Kier alpha value is -0.570. The van der Waals surface area contributed by atoms with Gasteiger partial charge in [0.15, 0.2) is 0 Å². The Labute approximate surface area is 86.2 Å². The van der Waals surface area contributed by atoms with Crippen LogP contribution in [0, 0.1) is 0 Å². The van der Waals surface area contributed by atoms with Crippen molar-refractivity contribution in [3.05, 3.63) is 0 Å². The van der Waals surface area contributed by atoms with Gasteiger partial charge in [0.1, 0.15) is 6.10 Å². The molecule has 0 atom stereocenters. The number of nitrogens with one attached hydrogen (secondary N) is 1. The zero-order valence-electron chi connectivity index (χ0n) is 9.05. The summed E-state index contributed by atoms with van der Waals surface area (Å²) < 4.78 is 5.37. The number of hydrogen-bond acceptors (Lipinski definition) is 3. The van der Waals surface area contributed by atoms with Crippen molar-refractivity contribution < 1.29 is 9.53 Å². The molecule has 0 aliphatic heterocycles. The Morgan fingerprint density at radius 3 is 2.71 bits per heavy atom. The van der Waals surface area contributed by atoms with Gasteiger partial charge in [0.2, 0.25) is 0 Å². The lowest BCUT2D eigenvalue weighted by Gasteiger charge is -2.21. The van der Waals surface area contributed by atoms with Crippen LogP contribution in [0.15, 0.2) is 0 Å². The third kappa shape index (κ3) is 4.61. The second-order valence-electron chi connectivity index (χ2n) is 3.96. The number of carbonyl (C=O) groups is 1. The zero-order valence-corrected chi connectivity index (χ0v) is 9.05. The first kappa shape index (κ1) is 11.5. The van der Waals surface area contributed by atoms with E-state index >= 15 is 0 Å². The van der Waals surface area contributed by atoms with E-state index in [-0.39, 0.29) is 12.1 Å². The van der Waals surface area contributed by atoms with Crippen molar-refractivity contribution in [2.45, 2.75) is 51.0 Å². The van der Waals surface area contributed by atoms with Gasteiger partial charge < -0.3 is 10.1 Å². The number of carbonyl (C=O) groups excluding carboxylic acids is 1. The molecule has 0 aromatic heterocycles. The van der Waals surface area contributed by atoms with Crippen LogP contribution < -0.4 is 5.32 Å². The molecule has 0 unspecified atom stereocenters. The molecule has 1 fully saturated rings. The number of ether oxygens (including phenoxy) is 1. The van der Waals surface area contributed by atoms with Crippen molar-refractivity contribution in [2.75, 3.05) is 13.6 Å². The predicted octanol–water partition coefficient (Wildman–Crippen LogP) is 1.86. The summed E-state index contributed by atoms with van der Waals surface area (Å²) in [4.78, 5) is 11.3. The molecule has 0 heterocycles. The van der Waals surface area contributed by atoms with Crippen molar-refractivity contribution in [1.29, 1.82) is 0 Å². The summed E-state index contributed by atoms with van der Waals surface area (Å²) in [5, 5.41) is 3.02. The molecule has 0 saturated heterocycles. The topological polar surface area (TPSA) is 38.3 Å². The molecule has 0 aromatic rings. The van der Waals surface area contributed by atoms with Gasteiger partial charge in [-0.15, -0.1) is 0 Å². The maximum Gasteiger partial charge on any atom is 0.306 e. The minimum atomic E-state index is -0.0212. The molecule has 0 aromatic carbocycles. The molecule has 0 amide bonds. The highest BCUT2D eigenvalue weighted by molar-refractivity contribution is 5.69. The van der Waals surface area contributed by atoms with Crippen LogP contribution in [0.5, 0.6) is 0 Å². The van der Waals surface area contributed by atoms with Crippen LogP contribution in [0.3, 0.4) is 0 Å². The van der Waals surface area contributed by atoms with E-state index in [2.05, 4.69) is 5.32 Å². The lowest BCUT2D eigenvalue weighted by atomic mass is 9.98. The Kier molecular flexibility index (Phi) is 5.60. The summed E-state index contributed by atoms with van der Waals surface area (Å²) in [6.45, 7) is 0.889. The summed E-state index contributed by atoms with van der Waals surface area (Å²) in [7, 11) is 1.90. The molecule has 0 radical (unpaired) electrons. The Morgan fingerprint density at radius 1 is 1.36 bits per heavy atom. The highest BCUT2D eigenvalue weighted by atomic mass is 16.5. The largest absolute Gasteiger partial charge is 0.462 e. The summed E-state index contributed by atoms with van der Waals surface area (Å²) in [6.07, 6.45) is 7.51. The van der Waals surface area contributed by atoms with Crippen molar-refractivity contribution in [1.82, 2.24) is 5.32 Å². The van der Waals surface area contributed by atoms with E-state index in [1.807, 2.05) is 7.05 Å². The molecule has 1 N–H and O–H groups in total. The van der Waals surface area contributed by atoms with Gasteiger partial charge in [0.25, 0.3) is 0 Å². The lowest BCUT2D eigenvalue weighted by molar-refractivity contribution is -0.150. The summed E-state index contributed by atoms with van der Waals surface area (Å²) in [5.41, 5.74) is 0. The lowest BCUT2D eigenvalue weighted by Crippen LogP contribution is -2.21. The SMILES string of the molecule is CNCCCC(=O)OC1CCCCC1. The monoisotopic (exact) mass is 199 g/mol. The zero-order chi connectivity index (χ0) is 10.2. The quantitative estimate of drug-likeness (QED) is 0.542. The molecule has 0 spiro atoms. The van der Waals surface area contributed by atoms with E-state index < -0.39 is 0 Å². The summed E-state index contributed by atoms with van der Waals surface area (Å²) in [6, 6.07) is 0. The Balaban J connectivity index is 2.06. The van der Waals surface area contributed by atoms with Gasteiger partial charge in [-0.3, -0.25) is 4.79 Å². The molecule has 1 rings (SSSR count). The van der Waals surface area contributed by atoms with E-state index in [1.165, 1.54) is 19.3 Å². The average molecular weight is 199 g/mol. The highest BCUT2D eigenvalue weighted by Crippen LogP contribution is 2.20. The van der Waals surface area contributed by atoms with Gasteiger partial charge in [0.05, 0.1) is 0 Å². The second kappa shape index (κ2) is 6.82. The van der Waals surface area contributed by atoms with Gasteiger partial charge in [-0.05, 0) is 45.7 Å². The highest BCUT2D eigenvalue weighted by Gasteiger charge is 2.16. The molecule has 3 nitrogen and oxygen atoms in total. The average Bonchev–Trinajstić information content (AvgIpc) is 2.20. The fraction of sp³-hybridized carbons (Fsp3) is 0.909. The van der Waals surface area contributed by atoms with Gasteiger partial charge in [-0.25, -0.2) is 0 Å². The van der Waals surface area contributed by atoms with Crippen LogP contribution in [-0.2, 0) is 9.53 Å². The molecular weight excluding hydrogens is 178 g/mol. The van der Waals surface area contributed by atoms with Crippen LogP contribution >= 0.6 is 0 Å². The maximum atomic E-state index is 11.3. The van der Waals surface area contributed by atoms with Crippen molar-refractivity contribution >= 4 is 5.97 Å². The Morgan fingerprint density at radius 2 is 2.07 bits per heavy atom. The van der Waals surface area contributed by atoms with Gasteiger partial charge >= 0.3 is 5.97 Å². The molecule has 0 bridgehead atoms. The van der Waals surface area contributed by atoms with Crippen molar-refractivity contribution in [3.63, 3.8) is 0 Å². The molecule has 82 valence electrons. The van der Waals surface area contributed by atoms with Gasteiger partial charge in [0, 0.05) is 6.42 Å². The number of hydrogen-bond donors (Lipinski definition) is 1. The first-order valence-electron chi connectivity index (χ1n) is 5.67. The molecule has 1 aliphatic carbocycles. The second-order valence-corrected chi connectivity index (χ2v) is 3.96. The maximum absolute atomic E-state index is 11.3. The Bertz CT molecular complexity index is 165. The summed E-state index contributed by atoms with van der Waals surface area (Å²) >= 11 is 0. The molecule has 14 heavy (non-hydrogen) atoms. The minimum absolute atomic E-state index is 0.0212. The van der Waals surface area contributed by atoms with Crippen LogP contribution in [0.25, 0.3) is 0 Å². The van der Waals surface area contributed by atoms with E-state index in [0.29, 0.717) is 6.42 Å². The van der Waals surface area contributed by atoms with Crippen LogP contribution in [0.4, 0.5) is 0 Å². The van der Waals surface area contributed by atoms with E-state index in [1.54, 1.807) is 0 Å². The smallest absolute Gasteiger partial charge is 0.306 e. The summed E-state index contributed by atoms with van der Waals surface area (Å²) in [5.74, 6) is -0.0212. The fourth-order valence-corrected chi connectivity index (χ4v) is 1.84. The fourth-order valence-electron chi connectivity index (χ4n) is 1.84. The predicted molar refractivity (Wildman–Crippen MR) is 56.1 cm³/mol. The first-order chi connectivity index (χ1) is 6.83. The third-order valence-electron chi connectivity index (χ3n) is 2.66. The molecule has 1 saturated carbocycles. The molecule has 3 heteroatoms. The first-order valence-corrected chi connectivity index (χ1v) is 5.67. The van der Waals surface area contributed by atoms with Gasteiger partial charge in [-0.1, -0.05) is 6.42 Å². The standard InChI is InChI=1S/C11H21NO2/c1-12-9-5-8-11(13)14-10-6-3-2-4-7-10/h10,12H,2-9H2,1H3. The number of esters is 1.